The van der Waals surface area contributed by atoms with Crippen molar-refractivity contribution in [1.82, 2.24) is 4.90 Å². The van der Waals surface area contributed by atoms with Crippen molar-refractivity contribution < 1.29 is 19.1 Å². The Morgan fingerprint density at radius 3 is 2.00 bits per heavy atom. The molecular weight excluding hydrogens is 198 g/mol. The third-order valence-electron chi connectivity index (χ3n) is 2.19. The summed E-state index contributed by atoms with van der Waals surface area (Å²) in [5.74, 6) is -0.270. The van der Waals surface area contributed by atoms with Crippen LogP contribution in [0.15, 0.2) is 0 Å². The van der Waals surface area contributed by atoms with Crippen molar-refractivity contribution in [2.24, 2.45) is 0 Å². The first-order valence-electron chi connectivity index (χ1n) is 5.25. The molecule has 0 aliphatic carbocycles. The summed E-state index contributed by atoms with van der Waals surface area (Å²) in [6.45, 7) is 4.90. The van der Waals surface area contributed by atoms with E-state index >= 15 is 0 Å². The maximum Gasteiger partial charge on any atom is 0.229 e. The minimum absolute atomic E-state index is 0.135. The quantitative estimate of drug-likeness (QED) is 0.479. The number of likely N-dealkylation sites (tertiary alicyclic amines) is 1. The number of rotatable bonds is 6. The standard InChI is InChI=1S/C10H17NO4/c1-3-14-10(15-4-2)7-11-8(12)5-6-9(11)13/h10H,3-7H2,1-2H3. The van der Waals surface area contributed by atoms with Crippen molar-refractivity contribution in [3.8, 4) is 0 Å². The van der Waals surface area contributed by atoms with Gasteiger partial charge in [-0.25, -0.2) is 0 Å². The first-order chi connectivity index (χ1) is 7.19. The molecule has 0 atom stereocenters. The number of carbonyl (C=O) groups excluding carboxylic acids is 2. The summed E-state index contributed by atoms with van der Waals surface area (Å²) in [5, 5.41) is 0. The van der Waals surface area contributed by atoms with Gasteiger partial charge in [-0.2, -0.15) is 0 Å². The third-order valence-corrected chi connectivity index (χ3v) is 2.19. The first kappa shape index (κ1) is 12.1. The van der Waals surface area contributed by atoms with Gasteiger partial charge in [0.2, 0.25) is 11.8 Å². The van der Waals surface area contributed by atoms with Crippen molar-refractivity contribution in [2.45, 2.75) is 33.0 Å². The van der Waals surface area contributed by atoms with Gasteiger partial charge in [0.15, 0.2) is 6.29 Å². The van der Waals surface area contributed by atoms with E-state index in [0.717, 1.165) is 0 Å². The smallest absolute Gasteiger partial charge is 0.229 e. The minimum Gasteiger partial charge on any atom is -0.351 e. The van der Waals surface area contributed by atoms with Gasteiger partial charge in [-0.3, -0.25) is 14.5 Å². The number of hydrogen-bond acceptors (Lipinski definition) is 4. The SMILES string of the molecule is CCOC(CN1C(=O)CCC1=O)OCC. The third kappa shape index (κ3) is 3.28. The Morgan fingerprint density at radius 2 is 1.60 bits per heavy atom. The van der Waals surface area contributed by atoms with Crippen molar-refractivity contribution in [3.05, 3.63) is 0 Å². The van der Waals surface area contributed by atoms with Crippen LogP contribution in [-0.2, 0) is 19.1 Å². The Bertz CT molecular complexity index is 220. The fourth-order valence-corrected chi connectivity index (χ4v) is 1.50. The van der Waals surface area contributed by atoms with E-state index in [-0.39, 0.29) is 18.4 Å². The van der Waals surface area contributed by atoms with Gasteiger partial charge in [-0.15, -0.1) is 0 Å². The number of amides is 2. The highest BCUT2D eigenvalue weighted by Gasteiger charge is 2.31. The molecule has 1 saturated heterocycles. The van der Waals surface area contributed by atoms with E-state index in [1.807, 2.05) is 13.8 Å². The van der Waals surface area contributed by atoms with Crippen LogP contribution >= 0.6 is 0 Å². The molecule has 0 spiro atoms. The molecule has 1 fully saturated rings. The Hall–Kier alpha value is -0.940. The van der Waals surface area contributed by atoms with Gasteiger partial charge in [0.05, 0.1) is 6.54 Å². The average Bonchev–Trinajstić information content (AvgIpc) is 2.50. The maximum absolute atomic E-state index is 11.3. The second-order valence-corrected chi connectivity index (χ2v) is 3.24. The van der Waals surface area contributed by atoms with Crippen LogP contribution in [0, 0.1) is 0 Å². The minimum atomic E-state index is -0.494. The predicted octanol–water partition coefficient (Wildman–Crippen LogP) is 0.534. The van der Waals surface area contributed by atoms with Crippen LogP contribution in [0.4, 0.5) is 0 Å². The van der Waals surface area contributed by atoms with Gasteiger partial charge < -0.3 is 9.47 Å². The largest absolute Gasteiger partial charge is 0.351 e. The van der Waals surface area contributed by atoms with E-state index in [9.17, 15) is 9.59 Å². The molecule has 0 aromatic carbocycles. The molecule has 5 nitrogen and oxygen atoms in total. The highest BCUT2D eigenvalue weighted by Crippen LogP contribution is 2.13. The highest BCUT2D eigenvalue weighted by atomic mass is 16.7. The van der Waals surface area contributed by atoms with Crippen molar-refractivity contribution in [3.63, 3.8) is 0 Å². The van der Waals surface area contributed by atoms with Gasteiger partial charge in [-0.1, -0.05) is 0 Å². The number of hydrogen-bond donors (Lipinski definition) is 0. The summed E-state index contributed by atoms with van der Waals surface area (Å²) < 4.78 is 10.5. The Balaban J connectivity index is 2.48. The normalized spacial score (nSPS) is 16.9. The van der Waals surface area contributed by atoms with E-state index in [1.54, 1.807) is 0 Å². The fraction of sp³-hybridized carbons (Fsp3) is 0.800. The number of carbonyl (C=O) groups is 2. The zero-order valence-corrected chi connectivity index (χ0v) is 9.19. The molecule has 0 unspecified atom stereocenters. The number of imide groups is 1. The summed E-state index contributed by atoms with van der Waals surface area (Å²) in [4.78, 5) is 23.9. The predicted molar refractivity (Wildman–Crippen MR) is 53.0 cm³/mol. The van der Waals surface area contributed by atoms with E-state index in [4.69, 9.17) is 9.47 Å². The molecule has 0 aromatic heterocycles. The molecule has 1 aliphatic rings. The molecule has 86 valence electrons. The van der Waals surface area contributed by atoms with Gasteiger partial charge in [0, 0.05) is 26.1 Å². The van der Waals surface area contributed by atoms with Crippen molar-refractivity contribution >= 4 is 11.8 Å². The molecule has 1 rings (SSSR count). The number of ether oxygens (including phenoxy) is 2. The van der Waals surface area contributed by atoms with Gasteiger partial charge in [0.1, 0.15) is 0 Å². The van der Waals surface area contributed by atoms with E-state index in [0.29, 0.717) is 26.1 Å². The molecule has 0 bridgehead atoms. The van der Waals surface area contributed by atoms with Crippen LogP contribution in [0.5, 0.6) is 0 Å². The molecule has 0 N–H and O–H groups in total. The Morgan fingerprint density at radius 1 is 1.13 bits per heavy atom. The lowest BCUT2D eigenvalue weighted by Crippen LogP contribution is -2.38. The van der Waals surface area contributed by atoms with E-state index in [1.165, 1.54) is 4.90 Å². The second-order valence-electron chi connectivity index (χ2n) is 3.24. The molecular formula is C10H17NO4. The summed E-state index contributed by atoms with van der Waals surface area (Å²) >= 11 is 0. The fourth-order valence-electron chi connectivity index (χ4n) is 1.50. The molecule has 0 radical (unpaired) electrons. The van der Waals surface area contributed by atoms with Crippen molar-refractivity contribution in [1.29, 1.82) is 0 Å². The molecule has 1 aliphatic heterocycles. The monoisotopic (exact) mass is 215 g/mol. The molecule has 2 amide bonds. The zero-order valence-electron chi connectivity index (χ0n) is 9.19. The molecule has 0 aromatic rings. The molecule has 15 heavy (non-hydrogen) atoms. The van der Waals surface area contributed by atoms with Gasteiger partial charge in [-0.05, 0) is 13.8 Å². The summed E-state index contributed by atoms with van der Waals surface area (Å²) in [5.41, 5.74) is 0. The second kappa shape index (κ2) is 5.82. The zero-order chi connectivity index (χ0) is 11.3. The molecule has 1 heterocycles. The highest BCUT2D eigenvalue weighted by molar-refractivity contribution is 6.01. The first-order valence-corrected chi connectivity index (χ1v) is 5.25. The lowest BCUT2D eigenvalue weighted by Gasteiger charge is -2.22. The summed E-state index contributed by atoms with van der Waals surface area (Å²) in [7, 11) is 0. The lowest BCUT2D eigenvalue weighted by atomic mass is 10.4. The van der Waals surface area contributed by atoms with Crippen LogP contribution < -0.4 is 0 Å². The van der Waals surface area contributed by atoms with Crippen LogP contribution in [-0.4, -0.2) is 42.8 Å². The van der Waals surface area contributed by atoms with Crippen LogP contribution in [0.1, 0.15) is 26.7 Å². The number of nitrogens with zero attached hydrogens (tertiary/aromatic N) is 1. The van der Waals surface area contributed by atoms with Crippen LogP contribution in [0.25, 0.3) is 0 Å². The summed E-state index contributed by atoms with van der Waals surface area (Å²) in [6, 6.07) is 0. The average molecular weight is 215 g/mol. The Labute approximate surface area is 89.3 Å². The Kier molecular flexibility index (Phi) is 4.71. The molecule has 5 heteroatoms. The van der Waals surface area contributed by atoms with E-state index in [2.05, 4.69) is 0 Å². The van der Waals surface area contributed by atoms with Crippen molar-refractivity contribution in [2.75, 3.05) is 19.8 Å². The molecule has 0 saturated carbocycles. The maximum atomic E-state index is 11.3. The summed E-state index contributed by atoms with van der Waals surface area (Å²) in [6.07, 6.45) is 0.124. The van der Waals surface area contributed by atoms with E-state index < -0.39 is 6.29 Å². The topological polar surface area (TPSA) is 55.8 Å². The van der Waals surface area contributed by atoms with Crippen LogP contribution in [0.3, 0.4) is 0 Å². The van der Waals surface area contributed by atoms with Gasteiger partial charge in [0.25, 0.3) is 0 Å². The lowest BCUT2D eigenvalue weighted by molar-refractivity contribution is -0.162. The van der Waals surface area contributed by atoms with Crippen LogP contribution in [0.2, 0.25) is 0 Å². The van der Waals surface area contributed by atoms with Gasteiger partial charge >= 0.3 is 0 Å².